The van der Waals surface area contributed by atoms with E-state index in [0.717, 1.165) is 30.9 Å². The van der Waals surface area contributed by atoms with E-state index in [2.05, 4.69) is 29.1 Å². The van der Waals surface area contributed by atoms with Crippen molar-refractivity contribution in [2.45, 2.75) is 33.6 Å². The van der Waals surface area contributed by atoms with Crippen LogP contribution in [-0.2, 0) is 0 Å². The van der Waals surface area contributed by atoms with E-state index in [1.165, 1.54) is 0 Å². The van der Waals surface area contributed by atoms with E-state index in [4.69, 9.17) is 5.73 Å². The number of nitrogens with two attached hydrogens (primary N) is 1. The average molecular weight is 222 g/mol. The minimum atomic E-state index is 0.179. The quantitative estimate of drug-likeness (QED) is 0.772. The maximum absolute atomic E-state index is 5.85. The van der Waals surface area contributed by atoms with Gasteiger partial charge in [-0.05, 0) is 31.7 Å². The van der Waals surface area contributed by atoms with E-state index in [-0.39, 0.29) is 5.41 Å². The van der Waals surface area contributed by atoms with Crippen molar-refractivity contribution in [3.63, 3.8) is 0 Å². The Morgan fingerprint density at radius 3 is 2.50 bits per heavy atom. The minimum absolute atomic E-state index is 0.179. The van der Waals surface area contributed by atoms with Gasteiger partial charge in [-0.3, -0.25) is 0 Å². The van der Waals surface area contributed by atoms with Gasteiger partial charge >= 0.3 is 0 Å². The van der Waals surface area contributed by atoms with Crippen LogP contribution in [0.3, 0.4) is 0 Å². The molecular weight excluding hydrogens is 200 g/mol. The van der Waals surface area contributed by atoms with Gasteiger partial charge in [0, 0.05) is 18.3 Å². The van der Waals surface area contributed by atoms with Crippen LogP contribution in [0, 0.1) is 12.3 Å². The Balaban J connectivity index is 2.62. The summed E-state index contributed by atoms with van der Waals surface area (Å²) in [7, 11) is 0. The summed E-state index contributed by atoms with van der Waals surface area (Å²) in [5.41, 5.74) is 7.01. The monoisotopic (exact) mass is 222 g/mol. The van der Waals surface area contributed by atoms with E-state index in [9.17, 15) is 0 Å². The van der Waals surface area contributed by atoms with Crippen molar-refractivity contribution in [1.29, 1.82) is 0 Å². The van der Waals surface area contributed by atoms with Crippen LogP contribution in [0.2, 0.25) is 0 Å². The molecule has 0 aromatic carbocycles. The summed E-state index contributed by atoms with van der Waals surface area (Å²) in [5, 5.41) is 3.35. The molecule has 0 unspecified atom stereocenters. The minimum Gasteiger partial charge on any atom is -0.369 e. The zero-order valence-corrected chi connectivity index (χ0v) is 10.5. The van der Waals surface area contributed by atoms with Gasteiger partial charge in [-0.1, -0.05) is 13.8 Å². The second-order valence-corrected chi connectivity index (χ2v) is 4.31. The fourth-order valence-electron chi connectivity index (χ4n) is 1.69. The molecule has 0 aliphatic heterocycles. The summed E-state index contributed by atoms with van der Waals surface area (Å²) in [5.74, 6) is 0.882. The van der Waals surface area contributed by atoms with Crippen LogP contribution in [0.15, 0.2) is 12.4 Å². The summed E-state index contributed by atoms with van der Waals surface area (Å²) in [6, 6.07) is 1.95. The van der Waals surface area contributed by atoms with Crippen LogP contribution < -0.4 is 11.1 Å². The third kappa shape index (κ3) is 3.17. The van der Waals surface area contributed by atoms with Gasteiger partial charge in [0.2, 0.25) is 0 Å². The predicted molar refractivity (Wildman–Crippen MR) is 67.3 cm³/mol. The van der Waals surface area contributed by atoms with Crippen molar-refractivity contribution >= 4 is 5.82 Å². The number of nitrogens with zero attached hydrogens (tertiary/aromatic N) is 2. The number of aryl methyl sites for hydroxylation is 1. The number of rotatable bonds is 6. The van der Waals surface area contributed by atoms with Crippen molar-refractivity contribution in [2.24, 2.45) is 11.1 Å². The number of nitrogens with one attached hydrogen (secondary N) is 1. The van der Waals surface area contributed by atoms with Gasteiger partial charge in [0.1, 0.15) is 12.1 Å². The summed E-state index contributed by atoms with van der Waals surface area (Å²) < 4.78 is 0. The Morgan fingerprint density at radius 1 is 1.31 bits per heavy atom. The molecular formula is C12H22N4. The highest BCUT2D eigenvalue weighted by atomic mass is 15.0. The molecule has 0 aliphatic carbocycles. The molecule has 1 aromatic rings. The Morgan fingerprint density at radius 2 is 2.00 bits per heavy atom. The maximum atomic E-state index is 5.85. The van der Waals surface area contributed by atoms with E-state index in [1.807, 2.05) is 13.0 Å². The normalized spacial score (nSPS) is 11.5. The van der Waals surface area contributed by atoms with Gasteiger partial charge in [0.15, 0.2) is 0 Å². The smallest absolute Gasteiger partial charge is 0.129 e. The van der Waals surface area contributed by atoms with Crippen molar-refractivity contribution in [3.8, 4) is 0 Å². The first kappa shape index (κ1) is 12.9. The molecule has 1 heterocycles. The highest BCUT2D eigenvalue weighted by Crippen LogP contribution is 2.24. The van der Waals surface area contributed by atoms with Crippen LogP contribution in [0.25, 0.3) is 0 Å². The zero-order valence-electron chi connectivity index (χ0n) is 10.5. The van der Waals surface area contributed by atoms with Crippen LogP contribution in [0.4, 0.5) is 5.82 Å². The lowest BCUT2D eigenvalue weighted by atomic mass is 9.82. The lowest BCUT2D eigenvalue weighted by Crippen LogP contribution is -2.36. The molecule has 90 valence electrons. The second-order valence-electron chi connectivity index (χ2n) is 4.31. The van der Waals surface area contributed by atoms with Gasteiger partial charge in [0.25, 0.3) is 0 Å². The van der Waals surface area contributed by atoms with Gasteiger partial charge in [-0.15, -0.1) is 0 Å². The molecule has 0 aliphatic rings. The van der Waals surface area contributed by atoms with Crippen LogP contribution in [0.1, 0.15) is 32.4 Å². The molecule has 0 spiro atoms. The lowest BCUT2D eigenvalue weighted by molar-refractivity contribution is 0.294. The Labute approximate surface area is 97.7 Å². The number of hydrogen-bond donors (Lipinski definition) is 2. The molecule has 3 N–H and O–H groups in total. The second kappa shape index (κ2) is 5.80. The van der Waals surface area contributed by atoms with Gasteiger partial charge in [-0.2, -0.15) is 0 Å². The predicted octanol–water partition coefficient (Wildman–Crippen LogP) is 1.96. The maximum Gasteiger partial charge on any atom is 0.129 e. The molecule has 0 saturated heterocycles. The molecule has 16 heavy (non-hydrogen) atoms. The standard InChI is InChI=1S/C12H22N4/c1-4-12(5-2,7-13)8-14-11-6-10(3)15-9-16-11/h6,9H,4-5,7-8,13H2,1-3H3,(H,14,15,16). The van der Waals surface area contributed by atoms with E-state index >= 15 is 0 Å². The molecule has 0 radical (unpaired) electrons. The fraction of sp³-hybridized carbons (Fsp3) is 0.667. The largest absolute Gasteiger partial charge is 0.369 e. The number of hydrogen-bond acceptors (Lipinski definition) is 4. The van der Waals surface area contributed by atoms with E-state index in [0.29, 0.717) is 6.54 Å². The fourth-order valence-corrected chi connectivity index (χ4v) is 1.69. The van der Waals surface area contributed by atoms with Crippen molar-refractivity contribution in [2.75, 3.05) is 18.4 Å². The van der Waals surface area contributed by atoms with Gasteiger partial charge in [0.05, 0.1) is 0 Å². The molecule has 4 heteroatoms. The molecule has 0 atom stereocenters. The third-order valence-corrected chi connectivity index (χ3v) is 3.38. The molecule has 1 aromatic heterocycles. The first-order chi connectivity index (χ1) is 7.65. The van der Waals surface area contributed by atoms with E-state index < -0.39 is 0 Å². The summed E-state index contributed by atoms with van der Waals surface area (Å²) >= 11 is 0. The number of aromatic nitrogens is 2. The molecule has 1 rings (SSSR count). The van der Waals surface area contributed by atoms with Gasteiger partial charge in [-0.25, -0.2) is 9.97 Å². The van der Waals surface area contributed by atoms with E-state index in [1.54, 1.807) is 6.33 Å². The SMILES string of the molecule is CCC(CC)(CN)CNc1cc(C)ncn1. The first-order valence-electron chi connectivity index (χ1n) is 5.88. The molecule has 4 nitrogen and oxygen atoms in total. The van der Waals surface area contributed by atoms with Crippen molar-refractivity contribution in [3.05, 3.63) is 18.1 Å². The van der Waals surface area contributed by atoms with Crippen molar-refractivity contribution in [1.82, 2.24) is 9.97 Å². The summed E-state index contributed by atoms with van der Waals surface area (Å²) in [4.78, 5) is 8.25. The Bertz CT molecular complexity index is 312. The number of anilines is 1. The summed E-state index contributed by atoms with van der Waals surface area (Å²) in [6.45, 7) is 7.90. The molecule has 0 bridgehead atoms. The van der Waals surface area contributed by atoms with Crippen LogP contribution in [-0.4, -0.2) is 23.1 Å². The molecule has 0 fully saturated rings. The highest BCUT2D eigenvalue weighted by molar-refractivity contribution is 5.34. The average Bonchev–Trinajstić information content (AvgIpc) is 2.32. The Hall–Kier alpha value is -1.16. The topological polar surface area (TPSA) is 63.8 Å². The highest BCUT2D eigenvalue weighted by Gasteiger charge is 2.23. The van der Waals surface area contributed by atoms with Gasteiger partial charge < -0.3 is 11.1 Å². The van der Waals surface area contributed by atoms with Crippen molar-refractivity contribution < 1.29 is 0 Å². The summed E-state index contributed by atoms with van der Waals surface area (Å²) in [6.07, 6.45) is 3.74. The molecule has 0 saturated carbocycles. The molecule has 0 amide bonds. The van der Waals surface area contributed by atoms with Crippen LogP contribution >= 0.6 is 0 Å². The lowest BCUT2D eigenvalue weighted by Gasteiger charge is -2.30. The van der Waals surface area contributed by atoms with Crippen LogP contribution in [0.5, 0.6) is 0 Å². The zero-order chi connectivity index (χ0) is 12.0. The third-order valence-electron chi connectivity index (χ3n) is 3.38. The Kier molecular flexibility index (Phi) is 4.68. The first-order valence-corrected chi connectivity index (χ1v) is 5.88.